The fourth-order valence-electron chi connectivity index (χ4n) is 0. The van der Waals surface area contributed by atoms with Gasteiger partial charge in [0.15, 0.2) is 0 Å². The number of aliphatic hydroxyl groups is 1. The molecule has 0 aromatic carbocycles. The third kappa shape index (κ3) is 3.63. The summed E-state index contributed by atoms with van der Waals surface area (Å²) in [4.78, 5) is 0. The molecule has 0 saturated heterocycles. The van der Waals surface area contributed by atoms with E-state index in [9.17, 15) is 0 Å². The number of hydrogen-bond donors (Lipinski definition) is 1. The summed E-state index contributed by atoms with van der Waals surface area (Å²) in [6, 6.07) is 0. The van der Waals surface area contributed by atoms with E-state index in [-0.39, 0.29) is 0 Å². The van der Waals surface area contributed by atoms with Crippen molar-refractivity contribution in [1.82, 2.24) is 0 Å². The molecule has 0 aromatic heterocycles. The third-order valence-electron chi connectivity index (χ3n) is 0.0891. The minimum Gasteiger partial charge on any atom is -0.480 e. The van der Waals surface area contributed by atoms with Crippen LogP contribution in [0, 0.1) is 0 Å². The van der Waals surface area contributed by atoms with Gasteiger partial charge in [-0.1, -0.05) is 0 Å². The molecule has 0 amide bonds. The van der Waals surface area contributed by atoms with E-state index < -0.39 is 5.95 Å². The Morgan fingerprint density at radius 1 is 2.00 bits per heavy atom. The highest BCUT2D eigenvalue weighted by molar-refractivity contribution is 6.07. The molecule has 0 radical (unpaired) electrons. The molecule has 0 heterocycles. The molecule has 2 nitrogen and oxygen atoms in total. The highest BCUT2D eigenvalue weighted by atomic mass is 35.5. The normalized spacial score (nSPS) is 6.60. The standard InChI is InChI=1S/C2H3ClO2/c1-2(4)5-3/h4H,1H2. The van der Waals surface area contributed by atoms with Gasteiger partial charge < -0.3 is 9.40 Å². The lowest BCUT2D eigenvalue weighted by atomic mass is 11.1. The van der Waals surface area contributed by atoms with Crippen molar-refractivity contribution in [2.24, 2.45) is 0 Å². The van der Waals surface area contributed by atoms with Crippen LogP contribution < -0.4 is 0 Å². The van der Waals surface area contributed by atoms with E-state index in [1.807, 2.05) is 0 Å². The first-order valence-electron chi connectivity index (χ1n) is 0.936. The number of halogens is 1. The van der Waals surface area contributed by atoms with E-state index >= 15 is 0 Å². The summed E-state index contributed by atoms with van der Waals surface area (Å²) in [5.41, 5.74) is 0. The van der Waals surface area contributed by atoms with Gasteiger partial charge in [0.05, 0.1) is 0 Å². The molecule has 0 fully saturated rings. The van der Waals surface area contributed by atoms with E-state index in [4.69, 9.17) is 5.11 Å². The maximum atomic E-state index is 7.81. The molecule has 0 aliphatic rings. The van der Waals surface area contributed by atoms with Crippen LogP contribution in [-0.2, 0) is 4.29 Å². The smallest absolute Gasteiger partial charge is 0.289 e. The van der Waals surface area contributed by atoms with Gasteiger partial charge in [-0.25, -0.2) is 0 Å². The second-order valence-electron chi connectivity index (χ2n) is 0.471. The lowest BCUT2D eigenvalue weighted by molar-refractivity contribution is 0.226. The number of aliphatic hydroxyl groups excluding tert-OH is 1. The zero-order valence-corrected chi connectivity index (χ0v) is 3.20. The Kier molecular flexibility index (Phi) is 1.76. The molecule has 1 N–H and O–H groups in total. The van der Waals surface area contributed by atoms with Gasteiger partial charge in [0.1, 0.15) is 11.9 Å². The summed E-state index contributed by atoms with van der Waals surface area (Å²) in [5, 5.41) is 7.81. The molecule has 0 aliphatic carbocycles. The highest BCUT2D eigenvalue weighted by Gasteiger charge is 1.73. The molecular weight excluding hydrogens is 91.5 g/mol. The average molecular weight is 94.5 g/mol. The van der Waals surface area contributed by atoms with Crippen molar-refractivity contribution in [3.05, 3.63) is 12.5 Å². The SMILES string of the molecule is C=C(O)OCl. The molecule has 0 spiro atoms. The summed E-state index contributed by atoms with van der Waals surface area (Å²) in [5.74, 6) is -0.480. The Hall–Kier alpha value is -0.370. The van der Waals surface area contributed by atoms with Gasteiger partial charge in [0.25, 0.3) is 5.95 Å². The summed E-state index contributed by atoms with van der Waals surface area (Å²) in [7, 11) is 0. The van der Waals surface area contributed by atoms with Crippen LogP contribution >= 0.6 is 11.9 Å². The largest absolute Gasteiger partial charge is 0.480 e. The molecule has 3 heteroatoms. The Morgan fingerprint density at radius 2 is 2.20 bits per heavy atom. The van der Waals surface area contributed by atoms with E-state index in [1.165, 1.54) is 0 Å². The number of hydrogen-bond acceptors (Lipinski definition) is 2. The topological polar surface area (TPSA) is 29.5 Å². The molecule has 0 unspecified atom stereocenters. The summed E-state index contributed by atoms with van der Waals surface area (Å²) in [6.07, 6.45) is 0. The van der Waals surface area contributed by atoms with Crippen molar-refractivity contribution in [2.45, 2.75) is 0 Å². The second-order valence-corrected chi connectivity index (χ2v) is 0.625. The average Bonchev–Trinajstić information content (AvgIpc) is 1.38. The molecule has 0 aromatic rings. The molecule has 30 valence electrons. The van der Waals surface area contributed by atoms with Crippen LogP contribution in [0.5, 0.6) is 0 Å². The summed E-state index contributed by atoms with van der Waals surface area (Å²) >= 11 is 4.49. The fraction of sp³-hybridized carbons (Fsp3) is 0. The van der Waals surface area contributed by atoms with Crippen molar-refractivity contribution in [3.63, 3.8) is 0 Å². The van der Waals surface area contributed by atoms with Crippen LogP contribution in [0.2, 0.25) is 0 Å². The predicted molar refractivity (Wildman–Crippen MR) is 18.7 cm³/mol. The molecule has 0 bridgehead atoms. The summed E-state index contributed by atoms with van der Waals surface area (Å²) < 4.78 is 3.58. The first-order chi connectivity index (χ1) is 2.27. The second kappa shape index (κ2) is 1.91. The number of rotatable bonds is 1. The van der Waals surface area contributed by atoms with Crippen LogP contribution in [0.4, 0.5) is 0 Å². The van der Waals surface area contributed by atoms with Crippen molar-refractivity contribution < 1.29 is 9.40 Å². The molecule has 0 saturated carbocycles. The van der Waals surface area contributed by atoms with Crippen molar-refractivity contribution in [2.75, 3.05) is 0 Å². The maximum absolute atomic E-state index is 7.81. The van der Waals surface area contributed by atoms with E-state index in [0.717, 1.165) is 0 Å². The van der Waals surface area contributed by atoms with Crippen LogP contribution in [0.1, 0.15) is 0 Å². The first-order valence-corrected chi connectivity index (χ1v) is 1.24. The lowest BCUT2D eigenvalue weighted by Crippen LogP contribution is -1.68. The maximum Gasteiger partial charge on any atom is 0.289 e. The monoisotopic (exact) mass is 94.0 g/mol. The Bertz CT molecular complexity index is 42.9. The lowest BCUT2D eigenvalue weighted by Gasteiger charge is -1.80. The van der Waals surface area contributed by atoms with Gasteiger partial charge in [-0.3, -0.25) is 0 Å². The Balaban J connectivity index is 2.85. The van der Waals surface area contributed by atoms with E-state index in [0.29, 0.717) is 0 Å². The van der Waals surface area contributed by atoms with Crippen LogP contribution in [0.15, 0.2) is 12.5 Å². The Morgan fingerprint density at radius 3 is 2.20 bits per heavy atom. The van der Waals surface area contributed by atoms with Gasteiger partial charge in [-0.15, -0.1) is 0 Å². The molecule has 5 heavy (non-hydrogen) atoms. The van der Waals surface area contributed by atoms with Gasteiger partial charge >= 0.3 is 0 Å². The third-order valence-corrected chi connectivity index (χ3v) is 0.267. The zero-order chi connectivity index (χ0) is 4.28. The Labute approximate surface area is 34.8 Å². The fourth-order valence-corrected chi connectivity index (χ4v) is 0. The van der Waals surface area contributed by atoms with Gasteiger partial charge in [0.2, 0.25) is 0 Å². The summed E-state index contributed by atoms with van der Waals surface area (Å²) in [6.45, 7) is 2.88. The van der Waals surface area contributed by atoms with Crippen molar-refractivity contribution >= 4 is 11.9 Å². The van der Waals surface area contributed by atoms with Gasteiger partial charge in [-0.05, 0) is 6.58 Å². The minimum atomic E-state index is -0.480. The minimum absolute atomic E-state index is 0.480. The van der Waals surface area contributed by atoms with Gasteiger partial charge in [-0.2, -0.15) is 0 Å². The van der Waals surface area contributed by atoms with E-state index in [2.05, 4.69) is 22.7 Å². The van der Waals surface area contributed by atoms with Crippen molar-refractivity contribution in [3.8, 4) is 0 Å². The van der Waals surface area contributed by atoms with E-state index in [1.54, 1.807) is 0 Å². The zero-order valence-electron chi connectivity index (χ0n) is 2.44. The molecule has 0 aliphatic heterocycles. The molecular formula is C2H3ClO2. The van der Waals surface area contributed by atoms with Crippen molar-refractivity contribution in [1.29, 1.82) is 0 Å². The van der Waals surface area contributed by atoms with Gasteiger partial charge in [0, 0.05) is 0 Å². The van der Waals surface area contributed by atoms with Crippen LogP contribution in [0.25, 0.3) is 0 Å². The molecule has 0 atom stereocenters. The van der Waals surface area contributed by atoms with Crippen LogP contribution in [-0.4, -0.2) is 5.11 Å². The quantitative estimate of drug-likeness (QED) is 0.495. The highest BCUT2D eigenvalue weighted by Crippen LogP contribution is 1.86. The van der Waals surface area contributed by atoms with Crippen LogP contribution in [0.3, 0.4) is 0 Å². The first kappa shape index (κ1) is 4.63. The molecule has 0 rings (SSSR count). The predicted octanol–water partition coefficient (Wildman–Crippen LogP) is 1.19.